The maximum absolute atomic E-state index is 12.4. The molecular formula is C23H22Cl2N2O. The molecule has 5 heteroatoms. The van der Waals surface area contributed by atoms with Crippen molar-refractivity contribution in [3.8, 4) is 11.3 Å². The molecule has 1 atom stereocenters. The van der Waals surface area contributed by atoms with E-state index in [9.17, 15) is 4.79 Å². The number of hydrogen-bond donors (Lipinski definition) is 1. The van der Waals surface area contributed by atoms with E-state index in [2.05, 4.69) is 39.0 Å². The molecule has 3 aromatic rings. The van der Waals surface area contributed by atoms with Crippen LogP contribution in [0.15, 0.2) is 48.5 Å². The first-order chi connectivity index (χ1) is 13.3. The second kappa shape index (κ2) is 8.34. The summed E-state index contributed by atoms with van der Waals surface area (Å²) in [5, 5.41) is 0.793. The molecule has 0 fully saturated rings. The maximum atomic E-state index is 12.4. The minimum Gasteiger partial charge on any atom is -0.369 e. The Balaban J connectivity index is 2.23. The lowest BCUT2D eigenvalue weighted by atomic mass is 9.92. The Morgan fingerprint density at radius 3 is 2.32 bits per heavy atom. The molecule has 1 unspecified atom stereocenters. The van der Waals surface area contributed by atoms with Crippen molar-refractivity contribution in [3.05, 3.63) is 86.5 Å². The van der Waals surface area contributed by atoms with Crippen molar-refractivity contribution in [2.24, 2.45) is 5.73 Å². The molecule has 1 amide bonds. The summed E-state index contributed by atoms with van der Waals surface area (Å²) in [6, 6.07) is 15.3. The monoisotopic (exact) mass is 412 g/mol. The zero-order valence-corrected chi connectivity index (χ0v) is 17.6. The maximum Gasteiger partial charge on any atom is 0.231 e. The van der Waals surface area contributed by atoms with Crippen molar-refractivity contribution in [2.45, 2.75) is 33.1 Å². The molecule has 0 radical (unpaired) electrons. The van der Waals surface area contributed by atoms with Gasteiger partial charge in [0, 0.05) is 21.2 Å². The van der Waals surface area contributed by atoms with Crippen molar-refractivity contribution in [1.82, 2.24) is 4.98 Å². The summed E-state index contributed by atoms with van der Waals surface area (Å²) in [6.07, 6.45) is 0.801. The fourth-order valence-corrected chi connectivity index (χ4v) is 4.04. The van der Waals surface area contributed by atoms with Gasteiger partial charge in [-0.15, -0.1) is 0 Å². The number of nitrogens with zero attached hydrogens (tertiary/aromatic N) is 1. The first kappa shape index (κ1) is 20.4. The fraction of sp³-hybridized carbons (Fsp3) is 0.217. The van der Waals surface area contributed by atoms with E-state index >= 15 is 0 Å². The van der Waals surface area contributed by atoms with E-state index in [0.717, 1.165) is 28.8 Å². The van der Waals surface area contributed by atoms with Gasteiger partial charge in [0.05, 0.1) is 11.4 Å². The van der Waals surface area contributed by atoms with Crippen LogP contribution in [0.1, 0.15) is 40.8 Å². The highest BCUT2D eigenvalue weighted by Gasteiger charge is 2.27. The topological polar surface area (TPSA) is 56.0 Å². The zero-order chi connectivity index (χ0) is 20.4. The molecule has 144 valence electrons. The van der Waals surface area contributed by atoms with Gasteiger partial charge in [0.2, 0.25) is 5.91 Å². The number of primary amides is 1. The van der Waals surface area contributed by atoms with Gasteiger partial charge in [-0.3, -0.25) is 9.78 Å². The van der Waals surface area contributed by atoms with E-state index in [4.69, 9.17) is 33.9 Å². The number of aromatic nitrogens is 1. The number of hydrogen-bond acceptors (Lipinski definition) is 2. The van der Waals surface area contributed by atoms with Gasteiger partial charge >= 0.3 is 0 Å². The highest BCUT2D eigenvalue weighted by molar-refractivity contribution is 6.36. The van der Waals surface area contributed by atoms with E-state index in [0.29, 0.717) is 21.3 Å². The second-order valence-electron chi connectivity index (χ2n) is 6.93. The van der Waals surface area contributed by atoms with Crippen molar-refractivity contribution in [3.63, 3.8) is 0 Å². The molecule has 3 nitrogen and oxygen atoms in total. The van der Waals surface area contributed by atoms with E-state index in [-0.39, 0.29) is 0 Å². The fourth-order valence-electron chi connectivity index (χ4n) is 3.42. The molecule has 2 aromatic carbocycles. The Morgan fingerprint density at radius 2 is 1.75 bits per heavy atom. The number of halogens is 2. The molecule has 28 heavy (non-hydrogen) atoms. The summed E-state index contributed by atoms with van der Waals surface area (Å²) in [5.41, 5.74) is 12.0. The second-order valence-corrected chi connectivity index (χ2v) is 7.74. The van der Waals surface area contributed by atoms with Crippen molar-refractivity contribution in [1.29, 1.82) is 0 Å². The molecule has 0 bridgehead atoms. The number of amides is 1. The highest BCUT2D eigenvalue weighted by Crippen LogP contribution is 2.36. The minimum absolute atomic E-state index is 0.396. The van der Waals surface area contributed by atoms with Gasteiger partial charge in [0.15, 0.2) is 0 Å². The minimum atomic E-state index is -0.822. The Bertz CT molecular complexity index is 1030. The predicted molar refractivity (Wildman–Crippen MR) is 116 cm³/mol. The van der Waals surface area contributed by atoms with Crippen molar-refractivity contribution in [2.75, 3.05) is 0 Å². The number of carbonyl (C=O) groups is 1. The molecule has 1 heterocycles. The Hall–Kier alpha value is -2.36. The average Bonchev–Trinajstić information content (AvgIpc) is 2.64. The van der Waals surface area contributed by atoms with Crippen LogP contribution in [0.25, 0.3) is 11.3 Å². The summed E-state index contributed by atoms with van der Waals surface area (Å²) in [5.74, 6) is -1.36. The number of pyridine rings is 1. The summed E-state index contributed by atoms with van der Waals surface area (Å²) in [7, 11) is 0. The lowest BCUT2D eigenvalue weighted by molar-refractivity contribution is -0.118. The van der Waals surface area contributed by atoms with Crippen LogP contribution in [-0.4, -0.2) is 10.9 Å². The SMILES string of the molecule is CCc1cc(-c2ccc(C)cc2C)nc(C(C(N)=O)c2c(Cl)cccc2Cl)c1. The quantitative estimate of drug-likeness (QED) is 0.570. The number of benzene rings is 2. The molecule has 1 aromatic heterocycles. The first-order valence-electron chi connectivity index (χ1n) is 9.13. The van der Waals surface area contributed by atoms with E-state index < -0.39 is 11.8 Å². The molecule has 0 aliphatic rings. The molecule has 3 rings (SSSR count). The molecule has 0 aliphatic heterocycles. The molecule has 0 aliphatic carbocycles. The average molecular weight is 413 g/mol. The van der Waals surface area contributed by atoms with E-state index in [1.54, 1.807) is 18.2 Å². The number of aryl methyl sites for hydroxylation is 3. The Labute approximate surface area is 175 Å². The van der Waals surface area contributed by atoms with Crippen LogP contribution in [0.5, 0.6) is 0 Å². The molecule has 0 spiro atoms. The number of carbonyl (C=O) groups excluding carboxylic acids is 1. The summed E-state index contributed by atoms with van der Waals surface area (Å²) in [6.45, 7) is 6.17. The lowest BCUT2D eigenvalue weighted by Gasteiger charge is -2.19. The molecular weight excluding hydrogens is 391 g/mol. The standard InChI is InChI=1S/C23H22Cl2N2O/c1-4-15-11-19(16-9-8-13(2)10-14(16)3)27-20(12-15)22(23(26)28)21-17(24)6-5-7-18(21)25/h5-12,22H,4H2,1-3H3,(H2,26,28). The van der Waals surface area contributed by atoms with Gasteiger partial charge in [-0.25, -0.2) is 0 Å². The predicted octanol–water partition coefficient (Wildman–Crippen LogP) is 5.85. The molecule has 0 saturated heterocycles. The third-order valence-corrected chi connectivity index (χ3v) is 5.50. The van der Waals surface area contributed by atoms with Crippen LogP contribution in [0.2, 0.25) is 10.0 Å². The van der Waals surface area contributed by atoms with Crippen LogP contribution in [0, 0.1) is 13.8 Å². The number of rotatable bonds is 5. The highest BCUT2D eigenvalue weighted by atomic mass is 35.5. The van der Waals surface area contributed by atoms with Gasteiger partial charge in [-0.2, -0.15) is 0 Å². The van der Waals surface area contributed by atoms with Gasteiger partial charge in [-0.05, 0) is 55.7 Å². The lowest BCUT2D eigenvalue weighted by Crippen LogP contribution is -2.24. The van der Waals surface area contributed by atoms with Gasteiger partial charge in [0.1, 0.15) is 5.92 Å². The summed E-state index contributed by atoms with van der Waals surface area (Å²) < 4.78 is 0. The van der Waals surface area contributed by atoms with Gasteiger partial charge in [0.25, 0.3) is 0 Å². The van der Waals surface area contributed by atoms with Crippen molar-refractivity contribution >= 4 is 29.1 Å². The van der Waals surface area contributed by atoms with E-state index in [1.165, 1.54) is 5.56 Å². The third-order valence-electron chi connectivity index (χ3n) is 4.84. The van der Waals surface area contributed by atoms with E-state index in [1.807, 2.05) is 12.1 Å². The van der Waals surface area contributed by atoms with Crippen LogP contribution < -0.4 is 5.73 Å². The van der Waals surface area contributed by atoms with Crippen LogP contribution in [0.3, 0.4) is 0 Å². The van der Waals surface area contributed by atoms with Crippen LogP contribution in [-0.2, 0) is 11.2 Å². The Morgan fingerprint density at radius 1 is 1.07 bits per heavy atom. The summed E-state index contributed by atoms with van der Waals surface area (Å²) in [4.78, 5) is 17.2. The molecule has 2 N–H and O–H groups in total. The van der Waals surface area contributed by atoms with Crippen LogP contribution >= 0.6 is 23.2 Å². The van der Waals surface area contributed by atoms with Crippen LogP contribution in [0.4, 0.5) is 0 Å². The first-order valence-corrected chi connectivity index (χ1v) is 9.89. The van der Waals surface area contributed by atoms with Crippen molar-refractivity contribution < 1.29 is 4.79 Å². The number of nitrogens with two attached hydrogens (primary N) is 1. The van der Waals surface area contributed by atoms with Gasteiger partial charge in [-0.1, -0.05) is 60.0 Å². The Kier molecular flexibility index (Phi) is 6.07. The molecule has 0 saturated carbocycles. The normalized spacial score (nSPS) is 12.0. The van der Waals surface area contributed by atoms with Gasteiger partial charge < -0.3 is 5.73 Å². The third kappa shape index (κ3) is 4.06. The zero-order valence-electron chi connectivity index (χ0n) is 16.1. The summed E-state index contributed by atoms with van der Waals surface area (Å²) >= 11 is 12.7. The smallest absolute Gasteiger partial charge is 0.231 e. The largest absolute Gasteiger partial charge is 0.369 e.